The first kappa shape index (κ1) is 38.2. The molecule has 0 aliphatic carbocycles. The van der Waals surface area contributed by atoms with Gasteiger partial charge in [0.2, 0.25) is 17.8 Å². The molecule has 0 spiro atoms. The zero-order valence-corrected chi connectivity index (χ0v) is 32.0. The number of carbonyl (C=O) groups excluding carboxylic acids is 3. The highest BCUT2D eigenvalue weighted by molar-refractivity contribution is 7.62. The fourth-order valence-corrected chi connectivity index (χ4v) is 8.39. The summed E-state index contributed by atoms with van der Waals surface area (Å²) in [7, 11) is 0.610. The molecule has 55 heavy (non-hydrogen) atoms. The summed E-state index contributed by atoms with van der Waals surface area (Å²) in [6, 6.07) is 15.1. The number of ether oxygens (including phenoxy) is 1. The molecule has 3 aliphatic heterocycles. The Bertz CT molecular complexity index is 2200. The minimum absolute atomic E-state index is 0.00873. The van der Waals surface area contributed by atoms with E-state index in [1.807, 2.05) is 18.2 Å². The lowest BCUT2D eigenvalue weighted by atomic mass is 10.0. The number of halogens is 2. The molecule has 0 bridgehead atoms. The number of anilines is 5. The maximum atomic E-state index is 15.8. The summed E-state index contributed by atoms with van der Waals surface area (Å²) >= 11 is 6.45. The van der Waals surface area contributed by atoms with E-state index < -0.39 is 31.3 Å². The average Bonchev–Trinajstić information content (AvgIpc) is 3.53. The van der Waals surface area contributed by atoms with Gasteiger partial charge in [-0.3, -0.25) is 29.2 Å². The number of hydrogen-bond acceptors (Lipinski definition) is 13. The van der Waals surface area contributed by atoms with E-state index >= 15 is 4.39 Å². The van der Waals surface area contributed by atoms with Crippen LogP contribution in [-0.2, 0) is 36.3 Å². The lowest BCUT2D eigenvalue weighted by molar-refractivity contribution is -0.136. The minimum atomic E-state index is -3.58. The summed E-state index contributed by atoms with van der Waals surface area (Å²) in [5.74, 6) is -0.675. The topological polar surface area (TPSA) is 168 Å². The zero-order valence-electron chi connectivity index (χ0n) is 30.3. The van der Waals surface area contributed by atoms with Gasteiger partial charge in [0.25, 0.3) is 5.91 Å². The summed E-state index contributed by atoms with van der Waals surface area (Å²) in [6.45, 7) is 3.06. The Morgan fingerprint density at radius 3 is 2.47 bits per heavy atom. The van der Waals surface area contributed by atoms with Crippen molar-refractivity contribution in [1.29, 1.82) is 0 Å². The molecule has 2 saturated heterocycles. The number of piperidine rings is 1. The van der Waals surface area contributed by atoms with Gasteiger partial charge in [-0.25, -0.2) is 9.37 Å². The molecule has 0 radical (unpaired) electrons. The monoisotopic (exact) mass is 792 g/mol. The number of fused-ring (bicyclic) bond motifs is 1. The van der Waals surface area contributed by atoms with Gasteiger partial charge in [-0.15, -0.1) is 0 Å². The van der Waals surface area contributed by atoms with E-state index in [9.17, 15) is 18.9 Å². The van der Waals surface area contributed by atoms with Crippen molar-refractivity contribution in [2.45, 2.75) is 32.0 Å². The van der Waals surface area contributed by atoms with Crippen molar-refractivity contribution in [2.75, 3.05) is 63.0 Å². The first-order valence-electron chi connectivity index (χ1n) is 17.5. The summed E-state index contributed by atoms with van der Waals surface area (Å²) in [6.07, 6.45) is 1.80. The Kier molecular flexibility index (Phi) is 11.1. The van der Waals surface area contributed by atoms with E-state index in [1.54, 1.807) is 43.5 Å². The summed E-state index contributed by atoms with van der Waals surface area (Å²) in [5, 5.41) is 9.13. The summed E-state index contributed by atoms with van der Waals surface area (Å²) in [5.41, 5.74) is 3.02. The van der Waals surface area contributed by atoms with Crippen LogP contribution in [0, 0.1) is 5.82 Å². The van der Waals surface area contributed by atoms with Crippen molar-refractivity contribution < 1.29 is 37.1 Å². The van der Waals surface area contributed by atoms with Gasteiger partial charge in [-0.2, -0.15) is 4.98 Å². The van der Waals surface area contributed by atoms with Crippen LogP contribution >= 0.6 is 19.2 Å². The lowest BCUT2D eigenvalue weighted by Crippen LogP contribution is -2.52. The predicted octanol–water partition coefficient (Wildman–Crippen LogP) is 4.96. The molecule has 288 valence electrons. The molecule has 15 nitrogen and oxygen atoms in total. The van der Waals surface area contributed by atoms with Gasteiger partial charge >= 0.3 is 7.60 Å². The SMILES string of the molecule is COc1cc(N2CCN(Cc3ccc4c(c3F)CN(C3CCC(=O)NC3=O)C4=O)CC2)ccc1Nc1ncc(Cl)c(Nc2ccccc2P(=O)(OC)OC)n1. The maximum Gasteiger partial charge on any atom is 0.362 e. The molecular weight excluding hydrogens is 754 g/mol. The average molecular weight is 793 g/mol. The summed E-state index contributed by atoms with van der Waals surface area (Å²) in [4.78, 5) is 51.7. The molecule has 3 N–H and O–H groups in total. The fraction of sp³-hybridized carbons (Fsp3) is 0.324. The van der Waals surface area contributed by atoms with E-state index in [-0.39, 0.29) is 53.2 Å². The second kappa shape index (κ2) is 15.9. The van der Waals surface area contributed by atoms with Gasteiger partial charge < -0.3 is 34.2 Å². The Labute approximate surface area is 321 Å². The first-order valence-corrected chi connectivity index (χ1v) is 19.4. The first-order chi connectivity index (χ1) is 26.5. The Balaban J connectivity index is 0.985. The van der Waals surface area contributed by atoms with E-state index in [0.29, 0.717) is 60.7 Å². The number of para-hydroxylation sites is 1. The molecule has 18 heteroatoms. The number of methoxy groups -OCH3 is 1. The third-order valence-corrected chi connectivity index (χ3v) is 12.2. The van der Waals surface area contributed by atoms with Crippen LogP contribution in [0.2, 0.25) is 5.02 Å². The number of nitrogens with zero attached hydrogens (tertiary/aromatic N) is 5. The summed E-state index contributed by atoms with van der Waals surface area (Å²) < 4.78 is 45.1. The number of nitrogens with one attached hydrogen (secondary N) is 3. The largest absolute Gasteiger partial charge is 0.494 e. The van der Waals surface area contributed by atoms with Crippen molar-refractivity contribution in [1.82, 2.24) is 25.1 Å². The molecule has 4 heterocycles. The molecule has 3 amide bonds. The second-order valence-corrected chi connectivity index (χ2v) is 15.7. The van der Waals surface area contributed by atoms with Crippen LogP contribution in [0.1, 0.15) is 34.3 Å². The van der Waals surface area contributed by atoms with Crippen LogP contribution in [0.15, 0.2) is 60.8 Å². The fourth-order valence-electron chi connectivity index (χ4n) is 7.01. The normalized spacial score (nSPS) is 17.6. The molecule has 1 atom stereocenters. The smallest absolute Gasteiger partial charge is 0.362 e. The van der Waals surface area contributed by atoms with Crippen molar-refractivity contribution in [3.05, 3.63) is 88.3 Å². The number of piperazine rings is 1. The molecule has 3 aromatic carbocycles. The Hall–Kier alpha value is -5.12. The molecule has 2 fully saturated rings. The van der Waals surface area contributed by atoms with Crippen molar-refractivity contribution in [3.8, 4) is 5.75 Å². The van der Waals surface area contributed by atoms with Crippen LogP contribution in [0.25, 0.3) is 0 Å². The number of benzene rings is 3. The second-order valence-electron chi connectivity index (χ2n) is 13.1. The lowest BCUT2D eigenvalue weighted by Gasteiger charge is -2.36. The van der Waals surface area contributed by atoms with Crippen molar-refractivity contribution in [3.63, 3.8) is 0 Å². The number of carbonyl (C=O) groups is 3. The van der Waals surface area contributed by atoms with Crippen LogP contribution in [0.3, 0.4) is 0 Å². The van der Waals surface area contributed by atoms with Crippen LogP contribution in [0.4, 0.5) is 33.2 Å². The maximum absolute atomic E-state index is 15.8. The van der Waals surface area contributed by atoms with Gasteiger partial charge in [0.1, 0.15) is 22.6 Å². The standard InChI is InChI=1S/C37H39ClFN8O7P/c1-52-30-18-23(9-11-27(30)42-37-40-19-26(38)34(44-37)41-28-6-4-5-7-31(28)55(51,53-2)54-3)46-16-14-45(15-17-46)20-22-8-10-24-25(33(22)39)21-47(36(24)50)29-12-13-32(48)43-35(29)49/h4-11,18-19,29H,12-17,20-21H2,1-3H3,(H,43,48,49)(H2,40,41,42,44). The van der Waals surface area contributed by atoms with Gasteiger partial charge in [0.15, 0.2) is 5.82 Å². The van der Waals surface area contributed by atoms with Crippen molar-refractivity contribution in [2.24, 2.45) is 0 Å². The van der Waals surface area contributed by atoms with Gasteiger partial charge in [0, 0.05) is 81.8 Å². The zero-order chi connectivity index (χ0) is 38.9. The van der Waals surface area contributed by atoms with Gasteiger partial charge in [-0.05, 0) is 36.8 Å². The molecular formula is C37H39ClFN8O7P. The molecule has 1 aromatic heterocycles. The van der Waals surface area contributed by atoms with Crippen molar-refractivity contribution >= 4 is 71.1 Å². The number of amides is 3. The number of aromatic nitrogens is 2. The quantitative estimate of drug-likeness (QED) is 0.130. The Morgan fingerprint density at radius 2 is 1.75 bits per heavy atom. The predicted molar refractivity (Wildman–Crippen MR) is 204 cm³/mol. The van der Waals surface area contributed by atoms with E-state index in [0.717, 1.165) is 5.69 Å². The van der Waals surface area contributed by atoms with Gasteiger partial charge in [-0.1, -0.05) is 29.8 Å². The van der Waals surface area contributed by atoms with E-state index in [1.165, 1.54) is 25.3 Å². The Morgan fingerprint density at radius 1 is 0.982 bits per heavy atom. The van der Waals surface area contributed by atoms with Gasteiger partial charge in [0.05, 0.1) is 36.5 Å². The van der Waals surface area contributed by atoms with Crippen LogP contribution in [-0.4, -0.2) is 91.0 Å². The highest BCUT2D eigenvalue weighted by Crippen LogP contribution is 2.47. The number of imide groups is 1. The van der Waals surface area contributed by atoms with Crippen LogP contribution in [0.5, 0.6) is 5.75 Å². The number of rotatable bonds is 12. The van der Waals surface area contributed by atoms with E-state index in [2.05, 4.69) is 35.7 Å². The minimum Gasteiger partial charge on any atom is -0.494 e. The molecule has 1 unspecified atom stereocenters. The highest BCUT2D eigenvalue weighted by atomic mass is 35.5. The molecule has 3 aliphatic rings. The third-order valence-electron chi connectivity index (χ3n) is 9.97. The molecule has 4 aromatic rings. The highest BCUT2D eigenvalue weighted by Gasteiger charge is 2.40. The third kappa shape index (κ3) is 7.73. The molecule has 0 saturated carbocycles. The van der Waals surface area contributed by atoms with Crippen LogP contribution < -0.4 is 30.9 Å². The van der Waals surface area contributed by atoms with E-state index in [4.69, 9.17) is 25.4 Å². The number of hydrogen-bond donors (Lipinski definition) is 3. The molecule has 7 rings (SSSR count).